The quantitative estimate of drug-likeness (QED) is 0.369. The molecular formula is C26H30F3N3O2. The van der Waals surface area contributed by atoms with Crippen LogP contribution in [-0.2, 0) is 16.2 Å². The lowest BCUT2D eigenvalue weighted by molar-refractivity contribution is -0.241. The first-order valence-corrected chi connectivity index (χ1v) is 11.9. The van der Waals surface area contributed by atoms with Crippen molar-refractivity contribution in [1.29, 1.82) is 0 Å². The molecule has 0 aliphatic heterocycles. The number of H-pyrrole nitrogens is 1. The second-order valence-electron chi connectivity index (χ2n) is 9.17. The van der Waals surface area contributed by atoms with Crippen LogP contribution in [0.3, 0.4) is 0 Å². The Labute approximate surface area is 197 Å². The summed E-state index contributed by atoms with van der Waals surface area (Å²) in [6, 6.07) is 11.6. The highest BCUT2D eigenvalue weighted by atomic mass is 19.4. The summed E-state index contributed by atoms with van der Waals surface area (Å²) < 4.78 is 38.5. The van der Waals surface area contributed by atoms with Crippen LogP contribution >= 0.6 is 0 Å². The average Bonchev–Trinajstić information content (AvgIpc) is 3.26. The minimum atomic E-state index is -5.02. The maximum absolute atomic E-state index is 12.8. The van der Waals surface area contributed by atoms with Crippen molar-refractivity contribution < 1.29 is 22.8 Å². The third kappa shape index (κ3) is 6.17. The lowest BCUT2D eigenvalue weighted by Crippen LogP contribution is -2.35. The number of aromatic nitrogens is 2. The fraction of sp³-hybridized carbons (Fsp3) is 0.462. The van der Waals surface area contributed by atoms with Gasteiger partial charge in [-0.25, -0.2) is 9.78 Å². The third-order valence-corrected chi connectivity index (χ3v) is 6.58. The van der Waals surface area contributed by atoms with Crippen LogP contribution in [0.4, 0.5) is 13.2 Å². The molecule has 3 aromatic rings. The smallest absolute Gasteiger partial charge is 0.360 e. The molecule has 5 nitrogen and oxygen atoms in total. The van der Waals surface area contributed by atoms with Crippen LogP contribution in [0.1, 0.15) is 56.1 Å². The van der Waals surface area contributed by atoms with Crippen LogP contribution in [0, 0.1) is 12.8 Å². The van der Waals surface area contributed by atoms with Crippen molar-refractivity contribution in [2.75, 3.05) is 6.54 Å². The molecule has 1 heterocycles. The van der Waals surface area contributed by atoms with E-state index in [-0.39, 0.29) is 13.1 Å². The molecule has 1 aromatic heterocycles. The number of carbonyl (C=O) groups excluding carboxylic acids is 1. The fourth-order valence-corrected chi connectivity index (χ4v) is 4.75. The molecule has 1 aliphatic carbocycles. The second-order valence-corrected chi connectivity index (χ2v) is 9.17. The summed E-state index contributed by atoms with van der Waals surface area (Å²) in [6.07, 6.45) is 4.31. The van der Waals surface area contributed by atoms with E-state index in [1.54, 1.807) is 6.33 Å². The van der Waals surface area contributed by atoms with E-state index in [2.05, 4.69) is 9.97 Å². The zero-order valence-electron chi connectivity index (χ0n) is 19.3. The van der Waals surface area contributed by atoms with Gasteiger partial charge in [-0.15, -0.1) is 5.06 Å². The van der Waals surface area contributed by atoms with Crippen LogP contribution in [0.25, 0.3) is 22.2 Å². The standard InChI is InChI=1S/C26H30F3N3O2/c1-18-14-23-24(31-17-30-23)15-22(18)21-11-9-20(10-12-21)16-32(34-25(33)26(27,28)29)13-5-8-19-6-3-2-4-7-19/h9-12,14-15,17,19H,2-8,13,16H2,1H3,(H,30,31). The van der Waals surface area contributed by atoms with Crippen molar-refractivity contribution >= 4 is 17.0 Å². The van der Waals surface area contributed by atoms with Gasteiger partial charge in [-0.1, -0.05) is 56.4 Å². The molecule has 182 valence electrons. The second kappa shape index (κ2) is 10.6. The largest absolute Gasteiger partial charge is 0.492 e. The first-order chi connectivity index (χ1) is 16.3. The van der Waals surface area contributed by atoms with E-state index in [0.29, 0.717) is 12.3 Å². The van der Waals surface area contributed by atoms with Crippen molar-refractivity contribution in [2.45, 2.75) is 64.6 Å². The number of hydroxylamine groups is 2. The van der Waals surface area contributed by atoms with E-state index in [4.69, 9.17) is 4.84 Å². The topological polar surface area (TPSA) is 58.2 Å². The summed E-state index contributed by atoms with van der Waals surface area (Å²) in [7, 11) is 0. The summed E-state index contributed by atoms with van der Waals surface area (Å²) in [5, 5.41) is 1.15. The number of halogens is 3. The van der Waals surface area contributed by atoms with Crippen LogP contribution < -0.4 is 0 Å². The average molecular weight is 474 g/mol. The van der Waals surface area contributed by atoms with E-state index in [9.17, 15) is 18.0 Å². The Morgan fingerprint density at radius 2 is 1.88 bits per heavy atom. The Bertz CT molecular complexity index is 1100. The monoisotopic (exact) mass is 473 g/mol. The minimum Gasteiger partial charge on any atom is -0.360 e. The van der Waals surface area contributed by atoms with Crippen molar-refractivity contribution in [3.8, 4) is 11.1 Å². The molecule has 2 aromatic carbocycles. The number of aryl methyl sites for hydroxylation is 1. The van der Waals surface area contributed by atoms with E-state index in [0.717, 1.165) is 44.8 Å². The van der Waals surface area contributed by atoms with Gasteiger partial charge in [0.05, 0.1) is 23.9 Å². The molecule has 0 saturated heterocycles. The maximum atomic E-state index is 12.8. The van der Waals surface area contributed by atoms with Crippen LogP contribution in [0.2, 0.25) is 0 Å². The van der Waals surface area contributed by atoms with Crippen LogP contribution in [0.15, 0.2) is 42.7 Å². The van der Waals surface area contributed by atoms with Gasteiger partial charge >= 0.3 is 12.1 Å². The molecule has 1 N–H and O–H groups in total. The van der Waals surface area contributed by atoms with E-state index >= 15 is 0 Å². The third-order valence-electron chi connectivity index (χ3n) is 6.58. The normalized spacial score (nSPS) is 15.2. The van der Waals surface area contributed by atoms with E-state index in [1.807, 2.05) is 43.3 Å². The number of hydrogen-bond acceptors (Lipinski definition) is 4. The van der Waals surface area contributed by atoms with Gasteiger partial charge in [0.2, 0.25) is 0 Å². The summed E-state index contributed by atoms with van der Waals surface area (Å²) in [6.45, 7) is 2.39. The number of alkyl halides is 3. The zero-order valence-corrected chi connectivity index (χ0v) is 19.3. The van der Waals surface area contributed by atoms with Gasteiger partial charge in [0, 0.05) is 6.54 Å². The highest BCUT2D eigenvalue weighted by Crippen LogP contribution is 2.29. The van der Waals surface area contributed by atoms with Gasteiger partial charge < -0.3 is 9.82 Å². The number of rotatable bonds is 8. The molecule has 1 fully saturated rings. The molecule has 0 unspecified atom stereocenters. The van der Waals surface area contributed by atoms with Crippen LogP contribution in [-0.4, -0.2) is 33.7 Å². The molecule has 0 amide bonds. The molecule has 0 atom stereocenters. The van der Waals surface area contributed by atoms with Gasteiger partial charge in [-0.05, 0) is 60.1 Å². The predicted molar refractivity (Wildman–Crippen MR) is 125 cm³/mol. The van der Waals surface area contributed by atoms with Gasteiger partial charge in [-0.3, -0.25) is 0 Å². The molecule has 1 aliphatic rings. The number of nitrogens with zero attached hydrogens (tertiary/aromatic N) is 2. The molecule has 8 heteroatoms. The van der Waals surface area contributed by atoms with Gasteiger partial charge in [0.15, 0.2) is 0 Å². The van der Waals surface area contributed by atoms with Crippen molar-refractivity contribution in [3.05, 3.63) is 53.9 Å². The molecule has 34 heavy (non-hydrogen) atoms. The Hall–Kier alpha value is -2.87. The lowest BCUT2D eigenvalue weighted by atomic mass is 9.86. The highest BCUT2D eigenvalue weighted by molar-refractivity contribution is 5.83. The molecule has 0 radical (unpaired) electrons. The molecule has 0 bridgehead atoms. The van der Waals surface area contributed by atoms with Crippen molar-refractivity contribution in [1.82, 2.24) is 15.0 Å². The number of carbonyl (C=O) groups is 1. The van der Waals surface area contributed by atoms with Gasteiger partial charge in [0.1, 0.15) is 0 Å². The SMILES string of the molecule is Cc1cc2nc[nH]c2cc1-c1ccc(CN(CCCC2CCCCC2)OC(=O)C(F)(F)F)cc1. The van der Waals surface area contributed by atoms with Crippen molar-refractivity contribution in [3.63, 3.8) is 0 Å². The fourth-order valence-electron chi connectivity index (χ4n) is 4.75. The Morgan fingerprint density at radius 1 is 1.15 bits per heavy atom. The number of hydrogen-bond donors (Lipinski definition) is 1. The van der Waals surface area contributed by atoms with Gasteiger partial charge in [0.25, 0.3) is 0 Å². The molecule has 0 spiro atoms. The number of aromatic amines is 1. The summed E-state index contributed by atoms with van der Waals surface area (Å²) in [4.78, 5) is 23.6. The summed E-state index contributed by atoms with van der Waals surface area (Å²) >= 11 is 0. The summed E-state index contributed by atoms with van der Waals surface area (Å²) in [5.74, 6) is -1.56. The minimum absolute atomic E-state index is 0.103. The lowest BCUT2D eigenvalue weighted by Gasteiger charge is -2.25. The van der Waals surface area contributed by atoms with Gasteiger partial charge in [-0.2, -0.15) is 13.2 Å². The first kappa shape index (κ1) is 24.3. The maximum Gasteiger partial charge on any atom is 0.492 e. The number of fused-ring (bicyclic) bond motifs is 1. The summed E-state index contributed by atoms with van der Waals surface area (Å²) in [5.41, 5.74) is 5.73. The number of imidazole rings is 1. The van der Waals surface area contributed by atoms with Crippen molar-refractivity contribution in [2.24, 2.45) is 5.92 Å². The molecular weight excluding hydrogens is 443 g/mol. The number of benzene rings is 2. The Balaban J connectivity index is 1.43. The van der Waals surface area contributed by atoms with E-state index < -0.39 is 12.1 Å². The Morgan fingerprint density at radius 3 is 2.59 bits per heavy atom. The zero-order chi connectivity index (χ0) is 24.1. The molecule has 4 rings (SSSR count). The first-order valence-electron chi connectivity index (χ1n) is 11.9. The highest BCUT2D eigenvalue weighted by Gasteiger charge is 2.42. The van der Waals surface area contributed by atoms with Crippen LogP contribution in [0.5, 0.6) is 0 Å². The number of nitrogens with one attached hydrogen (secondary N) is 1. The van der Waals surface area contributed by atoms with E-state index in [1.165, 1.54) is 32.1 Å². The molecule has 1 saturated carbocycles. The predicted octanol–water partition coefficient (Wildman–Crippen LogP) is 6.72. The Kier molecular flexibility index (Phi) is 7.56.